The standard InChI is InChI=1S/C23H24F3N5S/c1-14-6-7-17(10-15(14)2)19-12-20-21-27-28-22(30(21)8-9-31(20)29-19)32-13-16-4-3-5-18(11-16)23(24,25)26/h3-11,19-21,27,29H,12-13H2,1-2H3. The largest absolute Gasteiger partial charge is 0.416 e. The Morgan fingerprint density at radius 1 is 1.09 bits per heavy atom. The van der Waals surface area contributed by atoms with E-state index in [2.05, 4.69) is 57.9 Å². The second-order valence-electron chi connectivity index (χ2n) is 8.40. The molecule has 3 heterocycles. The van der Waals surface area contributed by atoms with Crippen molar-refractivity contribution in [3.05, 3.63) is 82.7 Å². The van der Waals surface area contributed by atoms with Crippen molar-refractivity contribution in [3.8, 4) is 0 Å². The van der Waals surface area contributed by atoms with Gasteiger partial charge in [-0.25, -0.2) is 5.43 Å². The molecular formula is C23H24F3N5S. The zero-order valence-electron chi connectivity index (χ0n) is 17.7. The van der Waals surface area contributed by atoms with Gasteiger partial charge in [0.25, 0.3) is 0 Å². The highest BCUT2D eigenvalue weighted by atomic mass is 32.2. The summed E-state index contributed by atoms with van der Waals surface area (Å²) in [6.45, 7) is 4.24. The number of nitrogens with one attached hydrogen (secondary N) is 2. The van der Waals surface area contributed by atoms with Crippen molar-refractivity contribution in [2.45, 2.75) is 50.4 Å². The molecule has 3 aliphatic rings. The van der Waals surface area contributed by atoms with Gasteiger partial charge in [-0.3, -0.25) is 5.43 Å². The van der Waals surface area contributed by atoms with Crippen LogP contribution in [0.25, 0.3) is 0 Å². The maximum absolute atomic E-state index is 13.0. The topological polar surface area (TPSA) is 42.9 Å². The molecule has 0 aliphatic carbocycles. The molecule has 9 heteroatoms. The molecule has 3 aliphatic heterocycles. The highest BCUT2D eigenvalue weighted by Crippen LogP contribution is 2.36. The number of fused-ring (bicyclic) bond motifs is 3. The van der Waals surface area contributed by atoms with Gasteiger partial charge in [0.1, 0.15) is 6.17 Å². The third kappa shape index (κ3) is 3.95. The van der Waals surface area contributed by atoms with Gasteiger partial charge in [-0.15, -0.1) is 0 Å². The van der Waals surface area contributed by atoms with E-state index in [0.717, 1.165) is 17.7 Å². The summed E-state index contributed by atoms with van der Waals surface area (Å²) < 4.78 is 38.9. The van der Waals surface area contributed by atoms with Crippen LogP contribution in [0, 0.1) is 13.8 Å². The maximum atomic E-state index is 13.0. The fourth-order valence-corrected chi connectivity index (χ4v) is 5.25. The van der Waals surface area contributed by atoms with Crippen LogP contribution in [0.2, 0.25) is 0 Å². The zero-order valence-corrected chi connectivity index (χ0v) is 18.5. The number of alkyl halides is 3. The Bertz CT molecular complexity index is 1080. The molecule has 0 radical (unpaired) electrons. The molecule has 3 atom stereocenters. The molecule has 2 N–H and O–H groups in total. The van der Waals surface area contributed by atoms with E-state index in [9.17, 15) is 13.2 Å². The van der Waals surface area contributed by atoms with Gasteiger partial charge in [-0.1, -0.05) is 48.2 Å². The minimum Gasteiger partial charge on any atom is -0.306 e. The summed E-state index contributed by atoms with van der Waals surface area (Å²) in [6.07, 6.45) is 0.541. The number of halogens is 3. The average Bonchev–Trinajstić information content (AvgIpc) is 3.37. The third-order valence-corrected chi connectivity index (χ3v) is 7.30. The van der Waals surface area contributed by atoms with Crippen LogP contribution in [0.5, 0.6) is 0 Å². The number of aryl methyl sites for hydroxylation is 2. The average molecular weight is 460 g/mol. The van der Waals surface area contributed by atoms with Gasteiger partial charge in [-0.05, 0) is 48.6 Å². The Hall–Kier alpha value is -2.65. The molecule has 2 aromatic carbocycles. The van der Waals surface area contributed by atoms with Crippen molar-refractivity contribution in [1.82, 2.24) is 20.8 Å². The lowest BCUT2D eigenvalue weighted by molar-refractivity contribution is -0.137. The van der Waals surface area contributed by atoms with Crippen LogP contribution in [0.4, 0.5) is 13.2 Å². The minimum absolute atomic E-state index is 0.0203. The molecule has 5 nitrogen and oxygen atoms in total. The summed E-state index contributed by atoms with van der Waals surface area (Å²) in [5, 5.41) is 7.37. The van der Waals surface area contributed by atoms with Gasteiger partial charge < -0.3 is 9.91 Å². The van der Waals surface area contributed by atoms with Crippen LogP contribution in [0.15, 0.2) is 60.0 Å². The first kappa shape index (κ1) is 21.2. The number of rotatable bonds is 3. The molecule has 5 rings (SSSR count). The van der Waals surface area contributed by atoms with Gasteiger partial charge in [0.05, 0.1) is 17.6 Å². The number of hydrazone groups is 1. The fourth-order valence-electron chi connectivity index (χ4n) is 4.33. The Balaban J connectivity index is 1.25. The molecule has 2 aromatic rings. The minimum atomic E-state index is -4.33. The molecule has 0 bridgehead atoms. The Morgan fingerprint density at radius 2 is 1.94 bits per heavy atom. The summed E-state index contributed by atoms with van der Waals surface area (Å²) in [5.74, 6) is 0.416. The maximum Gasteiger partial charge on any atom is 0.416 e. The first-order valence-electron chi connectivity index (χ1n) is 10.5. The van der Waals surface area contributed by atoms with Crippen molar-refractivity contribution < 1.29 is 13.2 Å². The number of nitrogens with zero attached hydrogens (tertiary/aromatic N) is 3. The number of hydrogen-bond donors (Lipinski definition) is 2. The van der Waals surface area contributed by atoms with E-state index in [1.165, 1.54) is 40.6 Å². The van der Waals surface area contributed by atoms with E-state index in [-0.39, 0.29) is 18.2 Å². The Kier molecular flexibility index (Phi) is 5.33. The van der Waals surface area contributed by atoms with E-state index < -0.39 is 11.7 Å². The molecule has 0 saturated carbocycles. The van der Waals surface area contributed by atoms with Crippen LogP contribution in [0.3, 0.4) is 0 Å². The van der Waals surface area contributed by atoms with Gasteiger partial charge in [0.2, 0.25) is 0 Å². The van der Waals surface area contributed by atoms with Crippen molar-refractivity contribution in [2.75, 3.05) is 0 Å². The Morgan fingerprint density at radius 3 is 2.72 bits per heavy atom. The van der Waals surface area contributed by atoms with Crippen LogP contribution in [0.1, 0.15) is 40.3 Å². The molecule has 32 heavy (non-hydrogen) atoms. The molecule has 0 amide bonds. The summed E-state index contributed by atoms with van der Waals surface area (Å²) in [7, 11) is 0. The molecule has 0 spiro atoms. The van der Waals surface area contributed by atoms with Crippen molar-refractivity contribution in [2.24, 2.45) is 5.10 Å². The van der Waals surface area contributed by atoms with Gasteiger partial charge in [0, 0.05) is 18.2 Å². The third-order valence-electron chi connectivity index (χ3n) is 6.26. The second-order valence-corrected chi connectivity index (χ2v) is 9.34. The number of hydrazine groups is 1. The van der Waals surface area contributed by atoms with Crippen molar-refractivity contribution in [3.63, 3.8) is 0 Å². The quantitative estimate of drug-likeness (QED) is 0.686. The van der Waals surface area contributed by atoms with Crippen LogP contribution in [-0.2, 0) is 11.9 Å². The normalized spacial score (nSPS) is 24.3. The highest BCUT2D eigenvalue weighted by molar-refractivity contribution is 8.13. The number of hydrogen-bond acceptors (Lipinski definition) is 6. The number of benzene rings is 2. The number of thioether (sulfide) groups is 1. The van der Waals surface area contributed by atoms with Gasteiger partial charge >= 0.3 is 6.18 Å². The van der Waals surface area contributed by atoms with E-state index in [1.54, 1.807) is 6.07 Å². The number of amidine groups is 1. The molecule has 1 fully saturated rings. The monoisotopic (exact) mass is 459 g/mol. The van der Waals surface area contributed by atoms with E-state index in [1.807, 2.05) is 12.4 Å². The molecule has 0 aromatic heterocycles. The summed E-state index contributed by atoms with van der Waals surface area (Å²) in [5.41, 5.74) is 10.6. The van der Waals surface area contributed by atoms with Gasteiger partial charge in [0.15, 0.2) is 5.17 Å². The predicted molar refractivity (Wildman–Crippen MR) is 120 cm³/mol. The lowest BCUT2D eigenvalue weighted by Gasteiger charge is -2.36. The van der Waals surface area contributed by atoms with Crippen molar-refractivity contribution in [1.29, 1.82) is 0 Å². The smallest absolute Gasteiger partial charge is 0.306 e. The van der Waals surface area contributed by atoms with Crippen LogP contribution >= 0.6 is 11.8 Å². The molecular weight excluding hydrogens is 435 g/mol. The molecule has 168 valence electrons. The second kappa shape index (κ2) is 8.04. The predicted octanol–water partition coefficient (Wildman–Crippen LogP) is 4.86. The van der Waals surface area contributed by atoms with Gasteiger partial charge in [-0.2, -0.15) is 18.3 Å². The summed E-state index contributed by atoms with van der Waals surface area (Å²) in [4.78, 5) is 2.07. The highest BCUT2D eigenvalue weighted by Gasteiger charge is 2.44. The first-order chi connectivity index (χ1) is 15.3. The molecule has 1 saturated heterocycles. The lowest BCUT2D eigenvalue weighted by atomic mass is 9.97. The van der Waals surface area contributed by atoms with E-state index >= 15 is 0 Å². The van der Waals surface area contributed by atoms with Crippen LogP contribution < -0.4 is 10.9 Å². The SMILES string of the molecule is Cc1ccc(C2CC3C4NN=C(SCc5cccc(C(F)(F)F)c5)N4C=CN3N2)cc1C. The van der Waals surface area contributed by atoms with E-state index in [4.69, 9.17) is 0 Å². The van der Waals surface area contributed by atoms with Crippen LogP contribution in [-0.4, -0.2) is 27.3 Å². The zero-order chi connectivity index (χ0) is 22.5. The lowest BCUT2D eigenvalue weighted by Crippen LogP contribution is -2.54. The van der Waals surface area contributed by atoms with Crippen molar-refractivity contribution >= 4 is 16.9 Å². The first-order valence-corrected chi connectivity index (χ1v) is 11.5. The Labute approximate surface area is 189 Å². The summed E-state index contributed by atoms with van der Waals surface area (Å²) in [6, 6.07) is 12.4. The molecule has 3 unspecified atom stereocenters. The fraction of sp³-hybridized carbons (Fsp3) is 0.348. The van der Waals surface area contributed by atoms with E-state index in [0.29, 0.717) is 11.3 Å². The summed E-state index contributed by atoms with van der Waals surface area (Å²) >= 11 is 1.43.